The average molecular weight is 677 g/mol. The van der Waals surface area contributed by atoms with Crippen LogP contribution in [0, 0.1) is 5.41 Å². The van der Waals surface area contributed by atoms with Crippen molar-refractivity contribution < 1.29 is 0 Å². The molecule has 0 radical (unpaired) electrons. The number of fused-ring (bicyclic) bond motifs is 2. The molecule has 0 aromatic heterocycles. The molecule has 2 aliphatic carbocycles. The summed E-state index contributed by atoms with van der Waals surface area (Å²) in [7, 11) is 0. The van der Waals surface area contributed by atoms with Crippen molar-refractivity contribution >= 4 is 12.2 Å². The van der Waals surface area contributed by atoms with Gasteiger partial charge in [0.05, 0.1) is 0 Å². The lowest BCUT2D eigenvalue weighted by atomic mass is 9.71. The second-order valence-electron chi connectivity index (χ2n) is 20.1. The van der Waals surface area contributed by atoms with Gasteiger partial charge >= 0.3 is 0 Å². The van der Waals surface area contributed by atoms with E-state index in [4.69, 9.17) is 0 Å². The number of hydrogen-bond donors (Lipinski definition) is 0. The number of benzene rings is 4. The molecule has 4 aromatic rings. The molecular formula is C51H64. The first-order chi connectivity index (χ1) is 23.6. The quantitative estimate of drug-likeness (QED) is 0.191. The van der Waals surface area contributed by atoms with Crippen LogP contribution in [0.1, 0.15) is 154 Å². The molecule has 0 heterocycles. The summed E-state index contributed by atoms with van der Waals surface area (Å²) < 4.78 is 0. The molecule has 0 unspecified atom stereocenters. The lowest BCUT2D eigenvalue weighted by molar-refractivity contribution is 0.424. The molecule has 0 atom stereocenters. The average Bonchev–Trinajstić information content (AvgIpc) is 3.68. The summed E-state index contributed by atoms with van der Waals surface area (Å²) in [5.41, 5.74) is 20.3. The SMILES string of the molecule is CCCC(C)(C1=Cc2c(cccc2-c2cc(C(C)(C)C)cc(C(C)(C)C)c2)C1)C1=Cc2c(cccc2-c2cc(C(C)(C)C)cc(C(C)(C)C)c2)C1. The van der Waals surface area contributed by atoms with E-state index in [-0.39, 0.29) is 27.1 Å². The maximum absolute atomic E-state index is 2.59. The zero-order chi connectivity index (χ0) is 37.3. The van der Waals surface area contributed by atoms with Crippen molar-refractivity contribution in [1.29, 1.82) is 0 Å². The summed E-state index contributed by atoms with van der Waals surface area (Å²) in [5, 5.41) is 0. The molecule has 0 aliphatic heterocycles. The Bertz CT molecular complexity index is 1820. The zero-order valence-corrected chi connectivity index (χ0v) is 34.4. The predicted molar refractivity (Wildman–Crippen MR) is 225 cm³/mol. The summed E-state index contributed by atoms with van der Waals surface area (Å²) in [6.07, 6.45) is 9.53. The first-order valence-corrected chi connectivity index (χ1v) is 19.6. The third kappa shape index (κ3) is 7.23. The van der Waals surface area contributed by atoms with Crippen LogP contribution in [0.25, 0.3) is 34.4 Å². The highest BCUT2D eigenvalue weighted by molar-refractivity contribution is 5.85. The number of rotatable bonds is 6. The van der Waals surface area contributed by atoms with Crippen LogP contribution in [0.15, 0.2) is 83.9 Å². The predicted octanol–water partition coefficient (Wildman–Crippen LogP) is 14.6. The van der Waals surface area contributed by atoms with Gasteiger partial charge in [-0.1, -0.05) is 199 Å². The summed E-state index contributed by atoms with van der Waals surface area (Å²) >= 11 is 0. The Kier molecular flexibility index (Phi) is 9.31. The van der Waals surface area contributed by atoms with E-state index in [0.29, 0.717) is 0 Å². The van der Waals surface area contributed by atoms with Crippen LogP contribution in [-0.4, -0.2) is 0 Å². The Morgan fingerprint density at radius 1 is 0.451 bits per heavy atom. The third-order valence-corrected chi connectivity index (χ3v) is 11.9. The van der Waals surface area contributed by atoms with E-state index >= 15 is 0 Å². The van der Waals surface area contributed by atoms with Crippen molar-refractivity contribution in [2.75, 3.05) is 0 Å². The van der Waals surface area contributed by atoms with Gasteiger partial charge in [0.2, 0.25) is 0 Å². The van der Waals surface area contributed by atoms with Gasteiger partial charge in [-0.25, -0.2) is 0 Å². The monoisotopic (exact) mass is 677 g/mol. The van der Waals surface area contributed by atoms with E-state index < -0.39 is 0 Å². The maximum atomic E-state index is 2.59. The molecule has 51 heavy (non-hydrogen) atoms. The summed E-state index contributed by atoms with van der Waals surface area (Å²) in [6.45, 7) is 33.0. The second kappa shape index (κ2) is 12.8. The maximum Gasteiger partial charge on any atom is 0.0105 e. The van der Waals surface area contributed by atoms with E-state index in [1.807, 2.05) is 0 Å². The Morgan fingerprint density at radius 3 is 1.08 bits per heavy atom. The van der Waals surface area contributed by atoms with Crippen LogP contribution in [0.3, 0.4) is 0 Å². The minimum absolute atomic E-state index is 0.00497. The molecule has 0 N–H and O–H groups in total. The van der Waals surface area contributed by atoms with Gasteiger partial charge in [-0.3, -0.25) is 0 Å². The Morgan fingerprint density at radius 2 is 0.784 bits per heavy atom. The molecule has 6 rings (SSSR count). The van der Waals surface area contributed by atoms with Gasteiger partial charge in [0.1, 0.15) is 0 Å². The molecule has 0 fully saturated rings. The van der Waals surface area contributed by atoms with Crippen molar-refractivity contribution in [3.8, 4) is 22.3 Å². The zero-order valence-electron chi connectivity index (χ0n) is 34.4. The van der Waals surface area contributed by atoms with Crippen molar-refractivity contribution in [3.63, 3.8) is 0 Å². The Labute approximate surface area is 311 Å². The van der Waals surface area contributed by atoms with Crippen molar-refractivity contribution in [2.45, 2.75) is 144 Å². The van der Waals surface area contributed by atoms with Crippen molar-refractivity contribution in [3.05, 3.63) is 128 Å². The fourth-order valence-electron chi connectivity index (χ4n) is 8.27. The van der Waals surface area contributed by atoms with Gasteiger partial charge in [-0.15, -0.1) is 0 Å². The third-order valence-electron chi connectivity index (χ3n) is 11.9. The fourth-order valence-corrected chi connectivity index (χ4v) is 8.27. The lowest BCUT2D eigenvalue weighted by Crippen LogP contribution is -2.22. The molecule has 0 saturated carbocycles. The van der Waals surface area contributed by atoms with Crippen LogP contribution in [0.5, 0.6) is 0 Å². The minimum Gasteiger partial charge on any atom is -0.0653 e. The highest BCUT2D eigenvalue weighted by Gasteiger charge is 2.38. The minimum atomic E-state index is -0.00497. The van der Waals surface area contributed by atoms with Gasteiger partial charge in [0, 0.05) is 5.41 Å². The van der Waals surface area contributed by atoms with E-state index in [9.17, 15) is 0 Å². The second-order valence-corrected chi connectivity index (χ2v) is 20.1. The largest absolute Gasteiger partial charge is 0.0653 e. The molecule has 268 valence electrons. The number of hydrogen-bond acceptors (Lipinski definition) is 0. The standard InChI is InChI=1S/C51H64/c1-15-22-51(14,41-23-33-18-16-20-43(45(33)31-41)35-25-37(47(2,3)4)29-38(26-35)48(5,6)7)42-24-34-19-17-21-44(46(34)32-42)36-27-39(49(8,9)10)30-40(28-36)50(11,12)13/h16-21,25-32H,15,22-24H2,1-14H3. The van der Waals surface area contributed by atoms with E-state index in [1.165, 1.54) is 66.8 Å². The van der Waals surface area contributed by atoms with Crippen LogP contribution < -0.4 is 0 Å². The van der Waals surface area contributed by atoms with Gasteiger partial charge in [-0.2, -0.15) is 0 Å². The van der Waals surface area contributed by atoms with Gasteiger partial charge in [0.15, 0.2) is 0 Å². The highest BCUT2D eigenvalue weighted by Crippen LogP contribution is 2.51. The van der Waals surface area contributed by atoms with Gasteiger partial charge in [-0.05, 0) is 108 Å². The molecule has 0 spiro atoms. The molecule has 0 heteroatoms. The molecule has 0 amide bonds. The lowest BCUT2D eigenvalue weighted by Gasteiger charge is -2.33. The Balaban J connectivity index is 1.45. The van der Waals surface area contributed by atoms with E-state index in [2.05, 4.69) is 182 Å². The van der Waals surface area contributed by atoms with Crippen LogP contribution in [0.4, 0.5) is 0 Å². The first kappa shape index (κ1) is 37.1. The van der Waals surface area contributed by atoms with Crippen LogP contribution in [-0.2, 0) is 34.5 Å². The molecule has 4 aromatic carbocycles. The topological polar surface area (TPSA) is 0 Å². The molecular weight excluding hydrogens is 613 g/mol. The van der Waals surface area contributed by atoms with Crippen LogP contribution in [0.2, 0.25) is 0 Å². The molecule has 0 saturated heterocycles. The summed E-state index contributed by atoms with van der Waals surface area (Å²) in [6, 6.07) is 28.7. The normalized spacial score (nSPS) is 15.1. The molecule has 0 nitrogen and oxygen atoms in total. The van der Waals surface area contributed by atoms with Crippen molar-refractivity contribution in [2.24, 2.45) is 5.41 Å². The first-order valence-electron chi connectivity index (χ1n) is 19.6. The van der Waals surface area contributed by atoms with Gasteiger partial charge < -0.3 is 0 Å². The van der Waals surface area contributed by atoms with E-state index in [0.717, 1.165) is 25.7 Å². The molecule has 0 bridgehead atoms. The van der Waals surface area contributed by atoms with Gasteiger partial charge in [0.25, 0.3) is 0 Å². The highest BCUT2D eigenvalue weighted by atomic mass is 14.4. The summed E-state index contributed by atoms with van der Waals surface area (Å²) in [5.74, 6) is 0. The Hall–Kier alpha value is -3.64. The molecule has 2 aliphatic rings. The number of allylic oxidation sites excluding steroid dienone is 2. The smallest absolute Gasteiger partial charge is 0.0105 e. The fraction of sp³-hybridized carbons (Fsp3) is 0.451. The van der Waals surface area contributed by atoms with Crippen LogP contribution >= 0.6 is 0 Å². The summed E-state index contributed by atoms with van der Waals surface area (Å²) in [4.78, 5) is 0. The van der Waals surface area contributed by atoms with E-state index in [1.54, 1.807) is 11.1 Å². The van der Waals surface area contributed by atoms with Crippen molar-refractivity contribution in [1.82, 2.24) is 0 Å².